The molecule has 0 amide bonds. The predicted octanol–water partition coefficient (Wildman–Crippen LogP) is 3.70. The van der Waals surface area contributed by atoms with E-state index in [-0.39, 0.29) is 0 Å². The maximum Gasteiger partial charge on any atom is 0.131 e. The zero-order valence-electron chi connectivity index (χ0n) is 13.0. The van der Waals surface area contributed by atoms with Crippen LogP contribution in [0.3, 0.4) is 0 Å². The molecule has 2 aromatic rings. The topological polar surface area (TPSA) is 35.0 Å². The predicted molar refractivity (Wildman–Crippen MR) is 83.7 cm³/mol. The first kappa shape index (κ1) is 14.1. The third-order valence-corrected chi connectivity index (χ3v) is 3.89. The maximum absolute atomic E-state index is 5.87. The summed E-state index contributed by atoms with van der Waals surface area (Å²) in [7, 11) is 0. The molecule has 2 heterocycles. The molecule has 21 heavy (non-hydrogen) atoms. The first-order valence-corrected chi connectivity index (χ1v) is 7.67. The van der Waals surface area contributed by atoms with Gasteiger partial charge in [-0.25, -0.2) is 9.97 Å². The summed E-state index contributed by atoms with van der Waals surface area (Å²) in [6.07, 6.45) is 2.02. The van der Waals surface area contributed by atoms with Crippen LogP contribution in [0.25, 0.3) is 0 Å². The lowest BCUT2D eigenvalue weighted by atomic mass is 9.92. The van der Waals surface area contributed by atoms with E-state index in [1.165, 1.54) is 5.56 Å². The van der Waals surface area contributed by atoms with Gasteiger partial charge in [0.1, 0.15) is 11.6 Å². The van der Waals surface area contributed by atoms with Crippen molar-refractivity contribution >= 4 is 0 Å². The van der Waals surface area contributed by atoms with Crippen molar-refractivity contribution < 1.29 is 4.74 Å². The molecule has 0 N–H and O–H groups in total. The van der Waals surface area contributed by atoms with E-state index in [4.69, 9.17) is 9.72 Å². The molecule has 0 fully saturated rings. The Kier molecular flexibility index (Phi) is 3.91. The van der Waals surface area contributed by atoms with Crippen LogP contribution in [0.4, 0.5) is 0 Å². The van der Waals surface area contributed by atoms with E-state index < -0.39 is 0 Å². The van der Waals surface area contributed by atoms with E-state index in [1.54, 1.807) is 0 Å². The van der Waals surface area contributed by atoms with Gasteiger partial charge in [0.15, 0.2) is 0 Å². The Bertz CT molecular complexity index is 637. The average Bonchev–Trinajstić information content (AvgIpc) is 2.46. The maximum atomic E-state index is 5.87. The van der Waals surface area contributed by atoms with Crippen LogP contribution in [0.5, 0.6) is 5.75 Å². The summed E-state index contributed by atoms with van der Waals surface area (Å²) in [5, 5.41) is 0. The monoisotopic (exact) mass is 282 g/mol. The van der Waals surface area contributed by atoms with Crippen LogP contribution in [0.15, 0.2) is 30.3 Å². The van der Waals surface area contributed by atoms with Crippen molar-refractivity contribution in [1.82, 2.24) is 9.97 Å². The summed E-state index contributed by atoms with van der Waals surface area (Å²) < 4.78 is 5.87. The number of para-hydroxylation sites is 1. The Labute approximate surface area is 126 Å². The SMILES string of the molecule is Cc1cc(C[C@@H]2COc3ccccc3C2)nc(C(C)C)n1. The molecule has 0 aliphatic carbocycles. The molecule has 110 valence electrons. The van der Waals surface area contributed by atoms with Crippen molar-refractivity contribution in [3.63, 3.8) is 0 Å². The van der Waals surface area contributed by atoms with E-state index in [2.05, 4.69) is 43.1 Å². The molecule has 1 aromatic heterocycles. The Morgan fingerprint density at radius 3 is 2.86 bits per heavy atom. The second-order valence-electron chi connectivity index (χ2n) is 6.21. The van der Waals surface area contributed by atoms with E-state index >= 15 is 0 Å². The number of benzene rings is 1. The molecule has 0 saturated carbocycles. The Hall–Kier alpha value is -1.90. The summed E-state index contributed by atoms with van der Waals surface area (Å²) in [5.41, 5.74) is 3.50. The van der Waals surface area contributed by atoms with Crippen LogP contribution in [0.1, 0.15) is 42.5 Å². The summed E-state index contributed by atoms with van der Waals surface area (Å²) in [5.74, 6) is 2.85. The minimum Gasteiger partial charge on any atom is -0.493 e. The summed E-state index contributed by atoms with van der Waals surface area (Å²) in [6, 6.07) is 10.4. The zero-order chi connectivity index (χ0) is 14.8. The highest BCUT2D eigenvalue weighted by Crippen LogP contribution is 2.28. The Morgan fingerprint density at radius 2 is 2.05 bits per heavy atom. The van der Waals surface area contributed by atoms with Crippen LogP contribution < -0.4 is 4.74 Å². The third kappa shape index (κ3) is 3.23. The van der Waals surface area contributed by atoms with Crippen molar-refractivity contribution in [1.29, 1.82) is 0 Å². The molecule has 3 heteroatoms. The number of ether oxygens (including phenoxy) is 1. The fourth-order valence-corrected chi connectivity index (χ4v) is 2.84. The number of fused-ring (bicyclic) bond motifs is 1. The fourth-order valence-electron chi connectivity index (χ4n) is 2.84. The molecule has 0 unspecified atom stereocenters. The van der Waals surface area contributed by atoms with Crippen LogP contribution in [0.2, 0.25) is 0 Å². The average molecular weight is 282 g/mol. The lowest BCUT2D eigenvalue weighted by Gasteiger charge is -2.25. The molecule has 1 aromatic carbocycles. The van der Waals surface area contributed by atoms with Gasteiger partial charge in [-0.3, -0.25) is 0 Å². The molecular formula is C18H22N2O. The van der Waals surface area contributed by atoms with Crippen molar-refractivity contribution in [2.24, 2.45) is 5.92 Å². The van der Waals surface area contributed by atoms with Gasteiger partial charge in [-0.15, -0.1) is 0 Å². The summed E-state index contributed by atoms with van der Waals surface area (Å²) in [6.45, 7) is 7.10. The molecule has 0 bridgehead atoms. The largest absolute Gasteiger partial charge is 0.493 e. The van der Waals surface area contributed by atoms with Crippen LogP contribution in [-0.4, -0.2) is 16.6 Å². The van der Waals surface area contributed by atoms with Gasteiger partial charge in [-0.2, -0.15) is 0 Å². The molecule has 0 spiro atoms. The minimum absolute atomic E-state index is 0.368. The molecule has 1 aliphatic rings. The van der Waals surface area contributed by atoms with Gasteiger partial charge in [0.2, 0.25) is 0 Å². The number of rotatable bonds is 3. The second-order valence-corrected chi connectivity index (χ2v) is 6.21. The number of aryl methyl sites for hydroxylation is 1. The van der Waals surface area contributed by atoms with Crippen molar-refractivity contribution in [2.45, 2.75) is 39.5 Å². The molecule has 0 saturated heterocycles. The van der Waals surface area contributed by atoms with Gasteiger partial charge in [0.25, 0.3) is 0 Å². The van der Waals surface area contributed by atoms with Gasteiger partial charge in [-0.1, -0.05) is 32.0 Å². The first-order chi connectivity index (χ1) is 10.1. The molecule has 3 rings (SSSR count). The van der Waals surface area contributed by atoms with Crippen molar-refractivity contribution in [2.75, 3.05) is 6.61 Å². The van der Waals surface area contributed by atoms with Gasteiger partial charge < -0.3 is 4.74 Å². The van der Waals surface area contributed by atoms with Crippen LogP contribution in [0, 0.1) is 12.8 Å². The number of aromatic nitrogens is 2. The smallest absolute Gasteiger partial charge is 0.131 e. The van der Waals surface area contributed by atoms with E-state index in [0.717, 1.165) is 42.4 Å². The third-order valence-electron chi connectivity index (χ3n) is 3.89. The van der Waals surface area contributed by atoms with Gasteiger partial charge in [-0.05, 0) is 37.5 Å². The molecular weight excluding hydrogens is 260 g/mol. The van der Waals surface area contributed by atoms with Crippen LogP contribution >= 0.6 is 0 Å². The standard InChI is InChI=1S/C18H22N2O/c1-12(2)18-19-13(3)8-16(20-18)10-14-9-15-6-4-5-7-17(15)21-11-14/h4-8,12,14H,9-11H2,1-3H3/t14-/m1/s1. The second kappa shape index (κ2) is 5.84. The molecule has 1 atom stereocenters. The van der Waals surface area contributed by atoms with E-state index in [0.29, 0.717) is 11.8 Å². The van der Waals surface area contributed by atoms with Crippen molar-refractivity contribution in [3.8, 4) is 5.75 Å². The fraction of sp³-hybridized carbons (Fsp3) is 0.444. The number of hydrogen-bond acceptors (Lipinski definition) is 3. The first-order valence-electron chi connectivity index (χ1n) is 7.67. The number of nitrogens with zero attached hydrogens (tertiary/aromatic N) is 2. The number of hydrogen-bond donors (Lipinski definition) is 0. The minimum atomic E-state index is 0.368. The molecule has 1 aliphatic heterocycles. The van der Waals surface area contributed by atoms with Gasteiger partial charge >= 0.3 is 0 Å². The van der Waals surface area contributed by atoms with Gasteiger partial charge in [0.05, 0.1) is 6.61 Å². The highest BCUT2D eigenvalue weighted by Gasteiger charge is 2.20. The van der Waals surface area contributed by atoms with E-state index in [9.17, 15) is 0 Å². The highest BCUT2D eigenvalue weighted by atomic mass is 16.5. The van der Waals surface area contributed by atoms with Crippen LogP contribution in [-0.2, 0) is 12.8 Å². The highest BCUT2D eigenvalue weighted by molar-refractivity contribution is 5.35. The van der Waals surface area contributed by atoms with Gasteiger partial charge in [0, 0.05) is 23.2 Å². The van der Waals surface area contributed by atoms with E-state index in [1.807, 2.05) is 13.0 Å². The molecule has 3 nitrogen and oxygen atoms in total. The normalized spacial score (nSPS) is 17.4. The van der Waals surface area contributed by atoms with Crippen molar-refractivity contribution in [3.05, 3.63) is 53.1 Å². The lowest BCUT2D eigenvalue weighted by Crippen LogP contribution is -2.23. The summed E-state index contributed by atoms with van der Waals surface area (Å²) in [4.78, 5) is 9.24. The quantitative estimate of drug-likeness (QED) is 0.861. The Balaban J connectivity index is 1.76. The zero-order valence-corrected chi connectivity index (χ0v) is 13.0. The lowest BCUT2D eigenvalue weighted by molar-refractivity contribution is 0.220. The molecule has 0 radical (unpaired) electrons. The summed E-state index contributed by atoms with van der Waals surface area (Å²) >= 11 is 0. The Morgan fingerprint density at radius 1 is 1.24 bits per heavy atom.